The van der Waals surface area contributed by atoms with Crippen molar-refractivity contribution in [2.45, 2.75) is 65.5 Å². The molecule has 2 N–H and O–H groups in total. The lowest BCUT2D eigenvalue weighted by atomic mass is 9.96. The normalized spacial score (nSPS) is 18.8. The van der Waals surface area contributed by atoms with Crippen LogP contribution in [0.15, 0.2) is 47.6 Å². The van der Waals surface area contributed by atoms with Gasteiger partial charge < -0.3 is 10.5 Å². The van der Waals surface area contributed by atoms with E-state index in [-0.39, 0.29) is 11.8 Å². The number of likely N-dealkylation sites (N-methyl/N-ethyl adjacent to an activating group) is 1. The minimum Gasteiger partial charge on any atom is -0.489 e. The Balaban J connectivity index is 2.00. The molecule has 1 aliphatic rings. The number of ether oxygens (including phenoxy) is 1. The van der Waals surface area contributed by atoms with E-state index in [0.717, 1.165) is 38.8 Å². The summed E-state index contributed by atoms with van der Waals surface area (Å²) in [5, 5.41) is 0. The van der Waals surface area contributed by atoms with Crippen LogP contribution in [0.1, 0.15) is 63.7 Å². The van der Waals surface area contributed by atoms with Crippen molar-refractivity contribution < 1.29 is 9.53 Å². The molecule has 1 heterocycles. The van der Waals surface area contributed by atoms with Gasteiger partial charge in [-0.3, -0.25) is 9.69 Å². The monoisotopic (exact) mass is 384 g/mol. The van der Waals surface area contributed by atoms with Gasteiger partial charge in [-0.05, 0) is 77.8 Å². The van der Waals surface area contributed by atoms with E-state index >= 15 is 0 Å². The molecular formula is C24H36N2O2. The molecule has 0 radical (unpaired) electrons. The molecule has 0 aliphatic carbocycles. The summed E-state index contributed by atoms with van der Waals surface area (Å²) in [6.07, 6.45) is 8.50. The molecular weight excluding hydrogens is 348 g/mol. The number of likely N-dealkylation sites (tertiary alicyclic amines) is 1. The SMILES string of the molecule is CCN1CCCC1C(N)C(=O)c1ccccc1OC/C=C(\C)CCC=C(C)C. The Morgan fingerprint density at radius 1 is 1.29 bits per heavy atom. The number of allylic oxidation sites excluding steroid dienone is 3. The van der Waals surface area contributed by atoms with E-state index in [1.54, 1.807) is 0 Å². The first-order chi connectivity index (χ1) is 13.4. The molecule has 2 atom stereocenters. The molecule has 2 unspecified atom stereocenters. The summed E-state index contributed by atoms with van der Waals surface area (Å²) in [5.41, 5.74) is 9.61. The van der Waals surface area contributed by atoms with Crippen LogP contribution in [0.4, 0.5) is 0 Å². The summed E-state index contributed by atoms with van der Waals surface area (Å²) >= 11 is 0. The number of hydrogen-bond donors (Lipinski definition) is 1. The van der Waals surface area contributed by atoms with Gasteiger partial charge >= 0.3 is 0 Å². The van der Waals surface area contributed by atoms with Crippen molar-refractivity contribution in [3.05, 3.63) is 53.1 Å². The lowest BCUT2D eigenvalue weighted by Crippen LogP contribution is -2.48. The van der Waals surface area contributed by atoms with Gasteiger partial charge in [-0.2, -0.15) is 0 Å². The van der Waals surface area contributed by atoms with Gasteiger partial charge in [-0.25, -0.2) is 0 Å². The third-order valence-corrected chi connectivity index (χ3v) is 5.45. The van der Waals surface area contributed by atoms with Crippen molar-refractivity contribution in [1.82, 2.24) is 4.90 Å². The molecule has 1 aliphatic heterocycles. The fraction of sp³-hybridized carbons (Fsp3) is 0.542. The fourth-order valence-corrected chi connectivity index (χ4v) is 3.77. The highest BCUT2D eigenvalue weighted by molar-refractivity contribution is 6.02. The predicted molar refractivity (Wildman–Crippen MR) is 117 cm³/mol. The standard InChI is InChI=1S/C24H36N2O2/c1-5-26-16-9-13-21(26)23(25)24(27)20-12-6-7-14-22(20)28-17-15-19(4)11-8-10-18(2)3/h6-7,10,12,14-15,21,23H,5,8-9,11,13,16-17,25H2,1-4H3/b19-15+. The number of nitrogens with two attached hydrogens (primary N) is 1. The van der Waals surface area contributed by atoms with Gasteiger partial charge in [0.1, 0.15) is 12.4 Å². The molecule has 1 aromatic carbocycles. The van der Waals surface area contributed by atoms with Crippen molar-refractivity contribution in [2.75, 3.05) is 19.7 Å². The summed E-state index contributed by atoms with van der Waals surface area (Å²) in [5.74, 6) is 0.600. The summed E-state index contributed by atoms with van der Waals surface area (Å²) < 4.78 is 5.94. The Hall–Kier alpha value is -1.91. The van der Waals surface area contributed by atoms with Crippen LogP contribution in [0.5, 0.6) is 5.75 Å². The molecule has 0 saturated carbocycles. The third kappa shape index (κ3) is 6.32. The second kappa shape index (κ2) is 11.2. The highest BCUT2D eigenvalue weighted by Crippen LogP contribution is 2.25. The van der Waals surface area contributed by atoms with Gasteiger partial charge in [-0.15, -0.1) is 0 Å². The topological polar surface area (TPSA) is 55.6 Å². The van der Waals surface area contributed by atoms with Crippen LogP contribution in [0.2, 0.25) is 0 Å². The molecule has 28 heavy (non-hydrogen) atoms. The van der Waals surface area contributed by atoms with E-state index in [2.05, 4.69) is 44.7 Å². The maximum atomic E-state index is 13.1. The van der Waals surface area contributed by atoms with Crippen LogP contribution in [0.3, 0.4) is 0 Å². The molecule has 0 bridgehead atoms. The number of rotatable bonds is 10. The van der Waals surface area contributed by atoms with Gasteiger partial charge in [-0.1, -0.05) is 36.3 Å². The Morgan fingerprint density at radius 2 is 2.04 bits per heavy atom. The number of Topliss-reactive ketones (excluding diaryl/α,β-unsaturated/α-hetero) is 1. The van der Waals surface area contributed by atoms with E-state index in [4.69, 9.17) is 10.5 Å². The van der Waals surface area contributed by atoms with Crippen molar-refractivity contribution in [3.63, 3.8) is 0 Å². The average Bonchev–Trinajstić information content (AvgIpc) is 3.15. The quantitative estimate of drug-likeness (QED) is 0.467. The zero-order valence-corrected chi connectivity index (χ0v) is 17.9. The van der Waals surface area contributed by atoms with Gasteiger partial charge in [0.25, 0.3) is 0 Å². The minimum absolute atomic E-state index is 0.0230. The van der Waals surface area contributed by atoms with Gasteiger partial charge in [0.05, 0.1) is 11.6 Å². The maximum absolute atomic E-state index is 13.1. The molecule has 4 heteroatoms. The highest BCUT2D eigenvalue weighted by atomic mass is 16.5. The molecule has 0 aromatic heterocycles. The molecule has 154 valence electrons. The second-order valence-corrected chi connectivity index (χ2v) is 7.91. The van der Waals surface area contributed by atoms with Crippen LogP contribution in [-0.2, 0) is 0 Å². The van der Waals surface area contributed by atoms with Crippen LogP contribution in [0, 0.1) is 0 Å². The van der Waals surface area contributed by atoms with E-state index in [1.165, 1.54) is 11.1 Å². The van der Waals surface area contributed by atoms with Crippen LogP contribution >= 0.6 is 0 Å². The van der Waals surface area contributed by atoms with E-state index < -0.39 is 6.04 Å². The summed E-state index contributed by atoms with van der Waals surface area (Å²) in [7, 11) is 0. The molecule has 2 rings (SSSR count). The molecule has 4 nitrogen and oxygen atoms in total. The number of benzene rings is 1. The number of para-hydroxylation sites is 1. The molecule has 0 amide bonds. The molecule has 1 aromatic rings. The van der Waals surface area contributed by atoms with Crippen LogP contribution in [0.25, 0.3) is 0 Å². The molecule has 0 spiro atoms. The zero-order chi connectivity index (χ0) is 20.5. The Morgan fingerprint density at radius 3 is 2.75 bits per heavy atom. The van der Waals surface area contributed by atoms with Crippen LogP contribution in [-0.4, -0.2) is 42.5 Å². The lowest BCUT2D eigenvalue weighted by molar-refractivity contribution is 0.0904. The van der Waals surface area contributed by atoms with Gasteiger partial charge in [0.15, 0.2) is 5.78 Å². The number of ketones is 1. The number of hydrogen-bond acceptors (Lipinski definition) is 4. The van der Waals surface area contributed by atoms with Gasteiger partial charge in [0, 0.05) is 6.04 Å². The Labute approximate surface area is 170 Å². The smallest absolute Gasteiger partial charge is 0.184 e. The van der Waals surface area contributed by atoms with E-state index in [1.807, 2.05) is 24.3 Å². The van der Waals surface area contributed by atoms with Crippen LogP contribution < -0.4 is 10.5 Å². The number of nitrogens with zero attached hydrogens (tertiary/aromatic N) is 1. The summed E-state index contributed by atoms with van der Waals surface area (Å²) in [4.78, 5) is 15.4. The van der Waals surface area contributed by atoms with Crippen molar-refractivity contribution in [3.8, 4) is 5.75 Å². The fourth-order valence-electron chi connectivity index (χ4n) is 3.77. The summed E-state index contributed by atoms with van der Waals surface area (Å²) in [6.45, 7) is 10.9. The van der Waals surface area contributed by atoms with Gasteiger partial charge in [0.2, 0.25) is 0 Å². The first kappa shape index (κ1) is 22.4. The average molecular weight is 385 g/mol. The first-order valence-corrected chi connectivity index (χ1v) is 10.5. The van der Waals surface area contributed by atoms with Crippen molar-refractivity contribution in [2.24, 2.45) is 5.73 Å². The molecule has 1 fully saturated rings. The number of carbonyl (C=O) groups excluding carboxylic acids is 1. The minimum atomic E-state index is -0.506. The maximum Gasteiger partial charge on any atom is 0.184 e. The lowest BCUT2D eigenvalue weighted by Gasteiger charge is -2.27. The second-order valence-electron chi connectivity index (χ2n) is 7.91. The van der Waals surface area contributed by atoms with Crippen molar-refractivity contribution in [1.29, 1.82) is 0 Å². The third-order valence-electron chi connectivity index (χ3n) is 5.45. The molecule has 1 saturated heterocycles. The number of carbonyl (C=O) groups is 1. The zero-order valence-electron chi connectivity index (χ0n) is 17.9. The summed E-state index contributed by atoms with van der Waals surface area (Å²) in [6, 6.07) is 7.08. The Kier molecular flexibility index (Phi) is 8.94. The van der Waals surface area contributed by atoms with Crippen molar-refractivity contribution >= 4 is 5.78 Å². The Bertz CT molecular complexity index is 704. The predicted octanol–water partition coefficient (Wildman–Crippen LogP) is 4.75. The van der Waals surface area contributed by atoms with E-state index in [0.29, 0.717) is 17.9 Å². The first-order valence-electron chi connectivity index (χ1n) is 10.5. The highest BCUT2D eigenvalue weighted by Gasteiger charge is 2.33. The largest absolute Gasteiger partial charge is 0.489 e. The van der Waals surface area contributed by atoms with E-state index in [9.17, 15) is 4.79 Å².